The average molecular weight is 286 g/mol. The molecule has 1 nitrogen and oxygen atoms in total. The SMILES string of the molecule is CCC(C)(C)c1ccc(O[Si](C)(C)C)c2ccccc12. The summed E-state index contributed by atoms with van der Waals surface area (Å²) >= 11 is 0. The van der Waals surface area contributed by atoms with Crippen molar-refractivity contribution in [2.75, 3.05) is 0 Å². The summed E-state index contributed by atoms with van der Waals surface area (Å²) in [5, 5.41) is 2.57. The third-order valence-electron chi connectivity index (χ3n) is 3.91. The van der Waals surface area contributed by atoms with Crippen molar-refractivity contribution in [1.29, 1.82) is 0 Å². The molecule has 108 valence electrons. The number of benzene rings is 2. The third kappa shape index (κ3) is 3.06. The molecule has 0 bridgehead atoms. The van der Waals surface area contributed by atoms with Crippen LogP contribution >= 0.6 is 0 Å². The zero-order valence-corrected chi connectivity index (χ0v) is 14.6. The van der Waals surface area contributed by atoms with Crippen LogP contribution in [0.2, 0.25) is 19.6 Å². The highest BCUT2D eigenvalue weighted by Gasteiger charge is 2.23. The van der Waals surface area contributed by atoms with Gasteiger partial charge in [0.15, 0.2) is 0 Å². The van der Waals surface area contributed by atoms with E-state index in [0.717, 1.165) is 12.2 Å². The third-order valence-corrected chi connectivity index (χ3v) is 4.75. The topological polar surface area (TPSA) is 9.23 Å². The lowest BCUT2D eigenvalue weighted by atomic mass is 9.79. The first-order valence-corrected chi connectivity index (χ1v) is 10.9. The van der Waals surface area contributed by atoms with Crippen molar-refractivity contribution >= 4 is 19.1 Å². The summed E-state index contributed by atoms with van der Waals surface area (Å²) < 4.78 is 6.26. The molecule has 0 radical (unpaired) electrons. The van der Waals surface area contributed by atoms with Crippen molar-refractivity contribution in [1.82, 2.24) is 0 Å². The van der Waals surface area contributed by atoms with E-state index in [1.54, 1.807) is 0 Å². The van der Waals surface area contributed by atoms with Gasteiger partial charge in [-0.05, 0) is 48.5 Å². The van der Waals surface area contributed by atoms with Crippen molar-refractivity contribution in [3.05, 3.63) is 42.0 Å². The van der Waals surface area contributed by atoms with Crippen LogP contribution in [-0.4, -0.2) is 8.32 Å². The van der Waals surface area contributed by atoms with Crippen molar-refractivity contribution in [2.24, 2.45) is 0 Å². The minimum atomic E-state index is -1.59. The zero-order chi connectivity index (χ0) is 15.0. The van der Waals surface area contributed by atoms with Crippen molar-refractivity contribution in [3.8, 4) is 5.75 Å². The molecule has 0 aliphatic carbocycles. The van der Waals surface area contributed by atoms with Crippen LogP contribution in [0.1, 0.15) is 32.8 Å². The Labute approximate surface area is 124 Å². The van der Waals surface area contributed by atoms with Gasteiger partial charge in [-0.2, -0.15) is 0 Å². The summed E-state index contributed by atoms with van der Waals surface area (Å²) in [6.45, 7) is 13.6. The molecule has 0 spiro atoms. The zero-order valence-electron chi connectivity index (χ0n) is 13.6. The standard InChI is InChI=1S/C18H26OSi/c1-7-18(2,3)16-12-13-17(19-20(4,5)6)15-11-9-8-10-14(15)16/h8-13H,7H2,1-6H3. The van der Waals surface area contributed by atoms with Crippen LogP contribution in [0.25, 0.3) is 10.8 Å². The van der Waals surface area contributed by atoms with E-state index in [1.165, 1.54) is 16.3 Å². The second kappa shape index (κ2) is 5.25. The molecule has 0 N–H and O–H groups in total. The van der Waals surface area contributed by atoms with E-state index in [-0.39, 0.29) is 5.41 Å². The first kappa shape index (κ1) is 15.1. The largest absolute Gasteiger partial charge is 0.544 e. The van der Waals surface area contributed by atoms with Crippen molar-refractivity contribution in [3.63, 3.8) is 0 Å². The van der Waals surface area contributed by atoms with E-state index < -0.39 is 8.32 Å². The van der Waals surface area contributed by atoms with Crippen LogP contribution in [0.15, 0.2) is 36.4 Å². The monoisotopic (exact) mass is 286 g/mol. The van der Waals surface area contributed by atoms with Gasteiger partial charge in [0, 0.05) is 5.39 Å². The highest BCUT2D eigenvalue weighted by Crippen LogP contribution is 2.37. The normalized spacial score (nSPS) is 12.7. The summed E-state index contributed by atoms with van der Waals surface area (Å²) in [6, 6.07) is 13.0. The number of hydrogen-bond acceptors (Lipinski definition) is 1. The van der Waals surface area contributed by atoms with Gasteiger partial charge in [0.2, 0.25) is 8.32 Å². The van der Waals surface area contributed by atoms with E-state index in [4.69, 9.17) is 4.43 Å². The van der Waals surface area contributed by atoms with Gasteiger partial charge in [-0.15, -0.1) is 0 Å². The molecule has 0 unspecified atom stereocenters. The predicted molar refractivity (Wildman–Crippen MR) is 91.2 cm³/mol. The molecular formula is C18H26OSi. The highest BCUT2D eigenvalue weighted by molar-refractivity contribution is 6.70. The van der Waals surface area contributed by atoms with Gasteiger partial charge >= 0.3 is 0 Å². The Kier molecular flexibility index (Phi) is 3.97. The van der Waals surface area contributed by atoms with Crippen LogP contribution in [0, 0.1) is 0 Å². The van der Waals surface area contributed by atoms with E-state index in [1.807, 2.05) is 0 Å². The lowest BCUT2D eigenvalue weighted by Gasteiger charge is -2.27. The van der Waals surface area contributed by atoms with E-state index in [0.29, 0.717) is 0 Å². The number of hydrogen-bond donors (Lipinski definition) is 0. The Morgan fingerprint density at radius 3 is 2.10 bits per heavy atom. The predicted octanol–water partition coefficient (Wildman–Crippen LogP) is 5.74. The molecule has 20 heavy (non-hydrogen) atoms. The summed E-state index contributed by atoms with van der Waals surface area (Å²) in [5.74, 6) is 1.04. The molecule has 0 saturated heterocycles. The molecule has 2 rings (SSSR count). The second-order valence-electron chi connectivity index (χ2n) is 7.11. The Morgan fingerprint density at radius 1 is 0.950 bits per heavy atom. The molecule has 2 aromatic rings. The van der Waals surface area contributed by atoms with Crippen molar-refractivity contribution in [2.45, 2.75) is 52.2 Å². The van der Waals surface area contributed by atoms with Crippen molar-refractivity contribution < 1.29 is 4.43 Å². The molecule has 0 amide bonds. The van der Waals surface area contributed by atoms with Crippen LogP contribution < -0.4 is 4.43 Å². The van der Waals surface area contributed by atoms with E-state index >= 15 is 0 Å². The van der Waals surface area contributed by atoms with Gasteiger partial charge in [-0.3, -0.25) is 0 Å². The molecule has 0 aliphatic rings. The first-order chi connectivity index (χ1) is 9.24. The van der Waals surface area contributed by atoms with Gasteiger partial charge in [-0.1, -0.05) is 51.1 Å². The molecule has 2 aromatic carbocycles. The number of fused-ring (bicyclic) bond motifs is 1. The lowest BCUT2D eigenvalue weighted by molar-refractivity contribution is 0.509. The summed E-state index contributed by atoms with van der Waals surface area (Å²) in [4.78, 5) is 0. The summed E-state index contributed by atoms with van der Waals surface area (Å²) in [6.07, 6.45) is 1.13. The fourth-order valence-electron chi connectivity index (χ4n) is 2.47. The maximum atomic E-state index is 6.26. The van der Waals surface area contributed by atoms with E-state index in [2.05, 4.69) is 76.8 Å². The first-order valence-electron chi connectivity index (χ1n) is 7.46. The fourth-order valence-corrected chi connectivity index (χ4v) is 3.31. The molecule has 0 fully saturated rings. The van der Waals surface area contributed by atoms with Crippen LogP contribution in [0.5, 0.6) is 5.75 Å². The lowest BCUT2D eigenvalue weighted by Crippen LogP contribution is -2.29. The van der Waals surface area contributed by atoms with Gasteiger partial charge in [-0.25, -0.2) is 0 Å². The fraction of sp³-hybridized carbons (Fsp3) is 0.444. The minimum absolute atomic E-state index is 0.192. The minimum Gasteiger partial charge on any atom is -0.544 e. The molecule has 0 aliphatic heterocycles. The molecule has 0 atom stereocenters. The Morgan fingerprint density at radius 2 is 1.55 bits per heavy atom. The van der Waals surface area contributed by atoms with Crippen LogP contribution in [0.3, 0.4) is 0 Å². The van der Waals surface area contributed by atoms with Crippen LogP contribution in [0.4, 0.5) is 0 Å². The Balaban J connectivity index is 2.64. The molecule has 0 heterocycles. The summed E-state index contributed by atoms with van der Waals surface area (Å²) in [5.41, 5.74) is 1.61. The molecule has 0 saturated carbocycles. The van der Waals surface area contributed by atoms with Gasteiger partial charge < -0.3 is 4.43 Å². The van der Waals surface area contributed by atoms with Gasteiger partial charge in [0.1, 0.15) is 5.75 Å². The van der Waals surface area contributed by atoms with Gasteiger partial charge in [0.25, 0.3) is 0 Å². The van der Waals surface area contributed by atoms with Gasteiger partial charge in [0.05, 0.1) is 0 Å². The smallest absolute Gasteiger partial charge is 0.242 e. The van der Waals surface area contributed by atoms with E-state index in [9.17, 15) is 0 Å². The number of rotatable bonds is 4. The summed E-state index contributed by atoms with van der Waals surface area (Å²) in [7, 11) is -1.59. The Bertz CT molecular complexity index is 608. The highest BCUT2D eigenvalue weighted by atomic mass is 28.4. The average Bonchev–Trinajstić information content (AvgIpc) is 2.37. The molecule has 0 aromatic heterocycles. The maximum absolute atomic E-state index is 6.26. The van der Waals surface area contributed by atoms with Crippen LogP contribution in [-0.2, 0) is 5.41 Å². The molecule has 2 heteroatoms. The maximum Gasteiger partial charge on any atom is 0.242 e. The Hall–Kier alpha value is -1.28. The molecular weight excluding hydrogens is 260 g/mol. The quantitative estimate of drug-likeness (QED) is 0.651. The second-order valence-corrected chi connectivity index (χ2v) is 11.5.